The van der Waals surface area contributed by atoms with Gasteiger partial charge >= 0.3 is 0 Å². The first-order valence-electron chi connectivity index (χ1n) is 5.50. The largest absolute Gasteiger partial charge is 0.341 e. The van der Waals surface area contributed by atoms with Gasteiger partial charge in [-0.15, -0.1) is 11.8 Å². The Morgan fingerprint density at radius 1 is 1.72 bits per heavy atom. The van der Waals surface area contributed by atoms with E-state index < -0.39 is 0 Å². The fourth-order valence-corrected chi connectivity index (χ4v) is 2.28. The van der Waals surface area contributed by atoms with Crippen LogP contribution in [0.1, 0.15) is 12.8 Å². The Hall–Kier alpha value is -1.37. The predicted octanol–water partition coefficient (Wildman–Crippen LogP) is 3.80. The molecule has 1 aliphatic rings. The molecule has 0 amide bonds. The Labute approximate surface area is 118 Å². The van der Waals surface area contributed by atoms with Crippen molar-refractivity contribution in [2.24, 2.45) is 4.99 Å². The molecule has 94 valence electrons. The van der Waals surface area contributed by atoms with E-state index in [1.807, 2.05) is 12.2 Å². The Bertz CT molecular complexity index is 453. The number of terminal acetylenes is 1. The molecular weight excluding hydrogens is 264 g/mol. The van der Waals surface area contributed by atoms with Gasteiger partial charge in [0.15, 0.2) is 0 Å². The molecule has 0 saturated carbocycles. The van der Waals surface area contributed by atoms with Crippen LogP contribution in [0.3, 0.4) is 0 Å². The summed E-state index contributed by atoms with van der Waals surface area (Å²) in [5, 5.41) is 4.51. The molecule has 2 nitrogen and oxygen atoms in total. The summed E-state index contributed by atoms with van der Waals surface area (Å²) in [4.78, 5) is 3.60. The number of hydrogen-bond donors (Lipinski definition) is 1. The molecule has 0 radical (unpaired) electrons. The second-order valence-corrected chi connectivity index (χ2v) is 5.13. The molecule has 0 aromatic carbocycles. The van der Waals surface area contributed by atoms with Crippen molar-refractivity contribution in [3.63, 3.8) is 0 Å². The summed E-state index contributed by atoms with van der Waals surface area (Å²) in [5.74, 6) is 0.933. The third-order valence-corrected chi connectivity index (χ3v) is 3.26. The van der Waals surface area contributed by atoms with E-state index in [0.717, 1.165) is 28.7 Å². The summed E-state index contributed by atoms with van der Waals surface area (Å²) < 4.78 is 0. The van der Waals surface area contributed by atoms with Crippen LogP contribution in [-0.2, 0) is 0 Å². The quantitative estimate of drug-likeness (QED) is 0.454. The zero-order chi connectivity index (χ0) is 13.2. The molecule has 0 aliphatic heterocycles. The number of thioether (sulfide) groups is 1. The molecule has 0 fully saturated rings. The van der Waals surface area contributed by atoms with E-state index in [2.05, 4.69) is 35.1 Å². The SMILES string of the molecule is C#CN=CNC(=C)SCCC1=CCC=CC(Cl)=C1. The molecule has 0 aromatic heterocycles. The van der Waals surface area contributed by atoms with Gasteiger partial charge in [-0.3, -0.25) is 0 Å². The van der Waals surface area contributed by atoms with Gasteiger partial charge in [-0.25, -0.2) is 0 Å². The molecule has 1 aliphatic carbocycles. The summed E-state index contributed by atoms with van der Waals surface area (Å²) in [6.07, 6.45) is 16.5. The van der Waals surface area contributed by atoms with Gasteiger partial charge in [0.05, 0.1) is 5.03 Å². The number of hydrogen-bond acceptors (Lipinski definition) is 2. The summed E-state index contributed by atoms with van der Waals surface area (Å²) in [6.45, 7) is 3.86. The molecule has 0 atom stereocenters. The smallest absolute Gasteiger partial charge is 0.104 e. The van der Waals surface area contributed by atoms with Gasteiger partial charge in [-0.1, -0.05) is 36.8 Å². The minimum atomic E-state index is 0.779. The Morgan fingerprint density at radius 3 is 3.33 bits per heavy atom. The monoisotopic (exact) mass is 278 g/mol. The molecule has 1 rings (SSSR count). The van der Waals surface area contributed by atoms with E-state index >= 15 is 0 Å². The molecule has 0 saturated heterocycles. The normalized spacial score (nSPS) is 14.7. The molecule has 18 heavy (non-hydrogen) atoms. The van der Waals surface area contributed by atoms with Crippen molar-refractivity contribution in [2.45, 2.75) is 12.8 Å². The van der Waals surface area contributed by atoms with Gasteiger partial charge in [0, 0.05) is 16.8 Å². The molecule has 0 heterocycles. The second-order valence-electron chi connectivity index (χ2n) is 3.50. The van der Waals surface area contributed by atoms with E-state index in [-0.39, 0.29) is 0 Å². The lowest BCUT2D eigenvalue weighted by Crippen LogP contribution is -2.06. The van der Waals surface area contributed by atoms with E-state index in [9.17, 15) is 0 Å². The van der Waals surface area contributed by atoms with Gasteiger partial charge in [0.2, 0.25) is 0 Å². The molecule has 0 aromatic rings. The van der Waals surface area contributed by atoms with Crippen LogP contribution in [0, 0.1) is 12.5 Å². The van der Waals surface area contributed by atoms with E-state index in [0.29, 0.717) is 0 Å². The Kier molecular flexibility index (Phi) is 7.09. The van der Waals surface area contributed by atoms with Crippen LogP contribution >= 0.6 is 23.4 Å². The van der Waals surface area contributed by atoms with E-state index in [1.54, 1.807) is 11.8 Å². The van der Waals surface area contributed by atoms with E-state index in [4.69, 9.17) is 18.0 Å². The number of aliphatic imine (C=N–C) groups is 1. The highest BCUT2D eigenvalue weighted by Crippen LogP contribution is 2.20. The van der Waals surface area contributed by atoms with Crippen LogP contribution in [0.15, 0.2) is 51.5 Å². The lowest BCUT2D eigenvalue weighted by Gasteiger charge is -2.05. The van der Waals surface area contributed by atoms with Crippen molar-refractivity contribution in [3.05, 3.63) is 46.5 Å². The van der Waals surface area contributed by atoms with Crippen molar-refractivity contribution in [2.75, 3.05) is 5.75 Å². The highest BCUT2D eigenvalue weighted by molar-refractivity contribution is 8.03. The third kappa shape index (κ3) is 6.39. The van der Waals surface area contributed by atoms with Crippen molar-refractivity contribution < 1.29 is 0 Å². The Morgan fingerprint density at radius 2 is 2.56 bits per heavy atom. The maximum Gasteiger partial charge on any atom is 0.104 e. The molecule has 0 spiro atoms. The summed E-state index contributed by atoms with van der Waals surface area (Å²) in [6, 6.07) is 2.16. The second kappa shape index (κ2) is 8.68. The zero-order valence-electron chi connectivity index (χ0n) is 10.0. The molecule has 4 heteroatoms. The lowest BCUT2D eigenvalue weighted by atomic mass is 10.2. The van der Waals surface area contributed by atoms with Crippen LogP contribution < -0.4 is 5.32 Å². The lowest BCUT2D eigenvalue weighted by molar-refractivity contribution is 1.14. The van der Waals surface area contributed by atoms with Crippen molar-refractivity contribution in [3.8, 4) is 12.5 Å². The average molecular weight is 279 g/mol. The summed E-state index contributed by atoms with van der Waals surface area (Å²) in [7, 11) is 0. The van der Waals surface area contributed by atoms with Crippen molar-refractivity contribution in [1.82, 2.24) is 5.32 Å². The van der Waals surface area contributed by atoms with Crippen LogP contribution in [0.2, 0.25) is 0 Å². The molecule has 1 N–H and O–H groups in total. The molecule has 0 unspecified atom stereocenters. The predicted molar refractivity (Wildman–Crippen MR) is 82.5 cm³/mol. The van der Waals surface area contributed by atoms with Crippen LogP contribution in [-0.4, -0.2) is 12.1 Å². The van der Waals surface area contributed by atoms with Crippen molar-refractivity contribution in [1.29, 1.82) is 0 Å². The first-order valence-corrected chi connectivity index (χ1v) is 6.87. The minimum absolute atomic E-state index is 0.779. The first kappa shape index (κ1) is 14.7. The summed E-state index contributed by atoms with van der Waals surface area (Å²) in [5.41, 5.74) is 1.25. The zero-order valence-corrected chi connectivity index (χ0v) is 11.6. The number of rotatable bonds is 6. The van der Waals surface area contributed by atoms with Gasteiger partial charge < -0.3 is 5.32 Å². The third-order valence-electron chi connectivity index (χ3n) is 2.15. The fraction of sp³-hybridized carbons (Fsp3) is 0.214. The fourth-order valence-electron chi connectivity index (χ4n) is 1.33. The van der Waals surface area contributed by atoms with Gasteiger partial charge in [-0.2, -0.15) is 4.99 Å². The van der Waals surface area contributed by atoms with E-state index in [1.165, 1.54) is 11.9 Å². The molecular formula is C14H15ClN2S. The highest BCUT2D eigenvalue weighted by Gasteiger charge is 2.00. The van der Waals surface area contributed by atoms with Gasteiger partial charge in [-0.05, 0) is 30.6 Å². The standard InChI is InChI=1S/C14H15ClN2S/c1-3-16-11-17-12(2)18-9-8-13-6-4-5-7-14(15)10-13/h1,5-7,10-11H,2,4,8-9H2,(H,16,17). The van der Waals surface area contributed by atoms with Crippen LogP contribution in [0.5, 0.6) is 0 Å². The van der Waals surface area contributed by atoms with Gasteiger partial charge in [0.1, 0.15) is 6.34 Å². The van der Waals surface area contributed by atoms with Crippen LogP contribution in [0.25, 0.3) is 0 Å². The maximum absolute atomic E-state index is 6.00. The van der Waals surface area contributed by atoms with Crippen LogP contribution in [0.4, 0.5) is 0 Å². The number of nitrogens with zero attached hydrogens (tertiary/aromatic N) is 1. The van der Waals surface area contributed by atoms with Crippen molar-refractivity contribution >= 4 is 29.7 Å². The number of allylic oxidation sites excluding steroid dienone is 6. The highest BCUT2D eigenvalue weighted by atomic mass is 35.5. The number of halogens is 1. The maximum atomic E-state index is 6.00. The Balaban J connectivity index is 2.28. The molecule has 0 bridgehead atoms. The van der Waals surface area contributed by atoms with Gasteiger partial charge in [0.25, 0.3) is 0 Å². The number of nitrogens with one attached hydrogen (secondary N) is 1. The first-order chi connectivity index (χ1) is 8.72. The average Bonchev–Trinajstić information content (AvgIpc) is 2.54. The summed E-state index contributed by atoms with van der Waals surface area (Å²) >= 11 is 7.63. The topological polar surface area (TPSA) is 24.4 Å². The minimum Gasteiger partial charge on any atom is -0.341 e.